The Balaban J connectivity index is 1.30. The third-order valence-electron chi connectivity index (χ3n) is 5.82. The van der Waals surface area contributed by atoms with E-state index >= 15 is 0 Å². The summed E-state index contributed by atoms with van der Waals surface area (Å²) in [5.74, 6) is -0.244. The number of aryl methyl sites for hydroxylation is 1. The Morgan fingerprint density at radius 3 is 1.95 bits per heavy atom. The van der Waals surface area contributed by atoms with Crippen LogP contribution in [0.1, 0.15) is 32.6 Å². The van der Waals surface area contributed by atoms with Crippen LogP contribution in [0.3, 0.4) is 0 Å². The lowest BCUT2D eigenvalue weighted by Gasteiger charge is -2.15. The molecule has 0 heterocycles. The maximum atomic E-state index is 12.7. The van der Waals surface area contributed by atoms with Gasteiger partial charge in [-0.1, -0.05) is 72.3 Å². The van der Waals surface area contributed by atoms with Crippen molar-refractivity contribution in [2.24, 2.45) is 0 Å². The molecule has 37 heavy (non-hydrogen) atoms. The highest BCUT2D eigenvalue weighted by atomic mass is 16.5. The molecule has 4 aromatic carbocycles. The second kappa shape index (κ2) is 12.4. The van der Waals surface area contributed by atoms with Crippen LogP contribution in [0.4, 0.5) is 0 Å². The van der Waals surface area contributed by atoms with E-state index < -0.39 is 17.9 Å². The van der Waals surface area contributed by atoms with E-state index in [4.69, 9.17) is 9.47 Å². The molecule has 0 aliphatic carbocycles. The minimum Gasteiger partial charge on any atom is -0.489 e. The number of carbonyl (C=O) groups excluding carboxylic acids is 1. The van der Waals surface area contributed by atoms with Crippen molar-refractivity contribution >= 4 is 11.9 Å². The van der Waals surface area contributed by atoms with Crippen LogP contribution in [-0.4, -0.2) is 23.0 Å². The summed E-state index contributed by atoms with van der Waals surface area (Å²) in [4.78, 5) is 24.6. The largest absolute Gasteiger partial charge is 0.489 e. The zero-order chi connectivity index (χ0) is 26.0. The summed E-state index contributed by atoms with van der Waals surface area (Å²) in [6.07, 6.45) is 0.151. The lowest BCUT2D eigenvalue weighted by Crippen LogP contribution is -2.42. The van der Waals surface area contributed by atoms with E-state index in [2.05, 4.69) is 11.4 Å². The SMILES string of the molecule is Cc1cccc(COc2ccc(C(=O)N[C@@H](Cc3ccc(OCc4ccccc4)cc3)C(=O)O)cc2)c1. The van der Waals surface area contributed by atoms with E-state index in [1.807, 2.05) is 67.6 Å². The van der Waals surface area contributed by atoms with Crippen LogP contribution in [0.15, 0.2) is 103 Å². The topological polar surface area (TPSA) is 84.9 Å². The van der Waals surface area contributed by atoms with E-state index in [9.17, 15) is 14.7 Å². The molecular weight excluding hydrogens is 466 g/mol. The summed E-state index contributed by atoms with van der Waals surface area (Å²) in [5, 5.41) is 12.3. The summed E-state index contributed by atoms with van der Waals surface area (Å²) < 4.78 is 11.6. The molecule has 1 amide bonds. The maximum Gasteiger partial charge on any atom is 0.326 e. The Hall–Kier alpha value is -4.58. The molecule has 0 saturated heterocycles. The van der Waals surface area contributed by atoms with Gasteiger partial charge in [0.2, 0.25) is 0 Å². The van der Waals surface area contributed by atoms with Crippen molar-refractivity contribution in [3.8, 4) is 11.5 Å². The van der Waals surface area contributed by atoms with Gasteiger partial charge in [0.05, 0.1) is 0 Å². The summed E-state index contributed by atoms with van der Waals surface area (Å²) in [5.41, 5.74) is 4.42. The standard InChI is InChI=1S/C31H29NO5/c1-22-6-5-9-25(18-22)21-37-28-16-12-26(13-17-28)30(33)32-29(31(34)35)19-23-10-14-27(15-11-23)36-20-24-7-3-2-4-8-24/h2-18,29H,19-21H2,1H3,(H,32,33)(H,34,35)/t29-/m0/s1. The number of nitrogens with one attached hydrogen (secondary N) is 1. The minimum atomic E-state index is -1.10. The second-order valence-corrected chi connectivity index (χ2v) is 8.79. The van der Waals surface area contributed by atoms with Crippen molar-refractivity contribution in [2.45, 2.75) is 32.6 Å². The smallest absolute Gasteiger partial charge is 0.326 e. The minimum absolute atomic E-state index is 0.151. The van der Waals surface area contributed by atoms with Crippen molar-refractivity contribution in [2.75, 3.05) is 0 Å². The fraction of sp³-hybridized carbons (Fsp3) is 0.161. The molecule has 0 unspecified atom stereocenters. The molecule has 0 bridgehead atoms. The number of ether oxygens (including phenoxy) is 2. The molecule has 0 aromatic heterocycles. The van der Waals surface area contributed by atoms with Crippen LogP contribution in [0.25, 0.3) is 0 Å². The summed E-state index contributed by atoms with van der Waals surface area (Å²) in [6, 6.07) is 30.7. The average Bonchev–Trinajstić information content (AvgIpc) is 2.92. The maximum absolute atomic E-state index is 12.7. The zero-order valence-electron chi connectivity index (χ0n) is 20.6. The predicted octanol–water partition coefficient (Wildman–Crippen LogP) is 5.58. The van der Waals surface area contributed by atoms with Gasteiger partial charge in [0.15, 0.2) is 0 Å². The van der Waals surface area contributed by atoms with E-state index in [0.29, 0.717) is 30.3 Å². The fourth-order valence-corrected chi connectivity index (χ4v) is 3.81. The molecule has 0 fully saturated rings. The van der Waals surface area contributed by atoms with E-state index in [1.54, 1.807) is 36.4 Å². The van der Waals surface area contributed by atoms with Gasteiger partial charge >= 0.3 is 5.97 Å². The van der Waals surface area contributed by atoms with Crippen LogP contribution >= 0.6 is 0 Å². The van der Waals surface area contributed by atoms with E-state index in [0.717, 1.165) is 22.3 Å². The predicted molar refractivity (Wildman–Crippen MR) is 142 cm³/mol. The number of carboxylic acids is 1. The number of rotatable bonds is 11. The van der Waals surface area contributed by atoms with Gasteiger partial charge in [-0.05, 0) is 60.0 Å². The Morgan fingerprint density at radius 1 is 0.730 bits per heavy atom. The molecular formula is C31H29NO5. The molecule has 4 aromatic rings. The van der Waals surface area contributed by atoms with Gasteiger partial charge in [0.1, 0.15) is 30.8 Å². The number of hydrogen-bond acceptors (Lipinski definition) is 4. The quantitative estimate of drug-likeness (QED) is 0.284. The molecule has 0 radical (unpaired) electrons. The van der Waals surface area contributed by atoms with Crippen LogP contribution in [-0.2, 0) is 24.4 Å². The van der Waals surface area contributed by atoms with Crippen LogP contribution in [0, 0.1) is 6.92 Å². The number of hydrogen-bond donors (Lipinski definition) is 2. The number of benzene rings is 4. The molecule has 1 atom stereocenters. The van der Waals surface area contributed by atoms with Crippen molar-refractivity contribution in [3.05, 3.63) is 131 Å². The molecule has 6 heteroatoms. The summed E-state index contributed by atoms with van der Waals surface area (Å²) in [6.45, 7) is 2.89. The molecule has 4 rings (SSSR count). The van der Waals surface area contributed by atoms with Crippen LogP contribution in [0.5, 0.6) is 11.5 Å². The van der Waals surface area contributed by atoms with Gasteiger partial charge in [-0.2, -0.15) is 0 Å². The molecule has 2 N–H and O–H groups in total. The van der Waals surface area contributed by atoms with Crippen molar-refractivity contribution < 1.29 is 24.2 Å². The van der Waals surface area contributed by atoms with E-state index in [1.165, 1.54) is 0 Å². The monoisotopic (exact) mass is 495 g/mol. The third kappa shape index (κ3) is 7.70. The Morgan fingerprint density at radius 2 is 1.32 bits per heavy atom. The number of carbonyl (C=O) groups is 2. The van der Waals surface area contributed by atoms with Crippen molar-refractivity contribution in [3.63, 3.8) is 0 Å². The Bertz CT molecular complexity index is 1320. The van der Waals surface area contributed by atoms with Crippen molar-refractivity contribution in [1.82, 2.24) is 5.32 Å². The third-order valence-corrected chi connectivity index (χ3v) is 5.82. The lowest BCUT2D eigenvalue weighted by molar-refractivity contribution is -0.139. The highest BCUT2D eigenvalue weighted by Gasteiger charge is 2.21. The molecule has 188 valence electrons. The first-order chi connectivity index (χ1) is 18.0. The summed E-state index contributed by atoms with van der Waals surface area (Å²) >= 11 is 0. The highest BCUT2D eigenvalue weighted by molar-refractivity contribution is 5.96. The first-order valence-corrected chi connectivity index (χ1v) is 12.0. The molecule has 0 saturated carbocycles. The highest BCUT2D eigenvalue weighted by Crippen LogP contribution is 2.17. The van der Waals surface area contributed by atoms with Gasteiger partial charge in [-0.15, -0.1) is 0 Å². The van der Waals surface area contributed by atoms with Gasteiger partial charge in [-0.25, -0.2) is 4.79 Å². The first-order valence-electron chi connectivity index (χ1n) is 12.0. The number of amides is 1. The summed E-state index contributed by atoms with van der Waals surface area (Å²) in [7, 11) is 0. The molecule has 0 aliphatic heterocycles. The number of carboxylic acid groups (broad SMARTS) is 1. The normalized spacial score (nSPS) is 11.4. The van der Waals surface area contributed by atoms with Gasteiger partial charge < -0.3 is 19.9 Å². The molecule has 0 spiro atoms. The Labute approximate surface area is 216 Å². The van der Waals surface area contributed by atoms with Gasteiger partial charge in [0, 0.05) is 12.0 Å². The fourth-order valence-electron chi connectivity index (χ4n) is 3.81. The van der Waals surface area contributed by atoms with Crippen molar-refractivity contribution in [1.29, 1.82) is 0 Å². The second-order valence-electron chi connectivity index (χ2n) is 8.79. The van der Waals surface area contributed by atoms with Gasteiger partial charge in [0.25, 0.3) is 5.91 Å². The number of aliphatic carboxylic acids is 1. The lowest BCUT2D eigenvalue weighted by atomic mass is 10.1. The zero-order valence-corrected chi connectivity index (χ0v) is 20.6. The molecule has 6 nitrogen and oxygen atoms in total. The average molecular weight is 496 g/mol. The Kier molecular flexibility index (Phi) is 8.55. The van der Waals surface area contributed by atoms with Crippen LogP contribution < -0.4 is 14.8 Å². The van der Waals surface area contributed by atoms with Gasteiger partial charge in [-0.3, -0.25) is 4.79 Å². The van der Waals surface area contributed by atoms with E-state index in [-0.39, 0.29) is 6.42 Å². The first kappa shape index (κ1) is 25.5. The van der Waals surface area contributed by atoms with Crippen LogP contribution in [0.2, 0.25) is 0 Å². The molecule has 0 aliphatic rings.